The van der Waals surface area contributed by atoms with Gasteiger partial charge in [-0.2, -0.15) is 0 Å². The van der Waals surface area contributed by atoms with Gasteiger partial charge in [0.2, 0.25) is 0 Å². The van der Waals surface area contributed by atoms with Gasteiger partial charge in [-0.3, -0.25) is 4.79 Å². The molecule has 0 amide bonds. The summed E-state index contributed by atoms with van der Waals surface area (Å²) in [6.45, 7) is 4.73. The lowest BCUT2D eigenvalue weighted by atomic mass is 10.2. The third kappa shape index (κ3) is 2.82. The van der Waals surface area contributed by atoms with Crippen molar-refractivity contribution in [3.8, 4) is 0 Å². The molecule has 2 heterocycles. The van der Waals surface area contributed by atoms with Crippen LogP contribution in [-0.4, -0.2) is 15.3 Å². The van der Waals surface area contributed by atoms with Gasteiger partial charge in [-0.15, -0.1) is 11.3 Å². The molecule has 0 spiro atoms. The average Bonchev–Trinajstić information content (AvgIpc) is 2.97. The maximum Gasteiger partial charge on any atom is 0.164 e. The van der Waals surface area contributed by atoms with Crippen molar-refractivity contribution in [2.75, 3.05) is 0 Å². The number of carbonyl (C=O) groups excluding carboxylic acids is 1. The van der Waals surface area contributed by atoms with Crippen LogP contribution in [0.5, 0.6) is 0 Å². The lowest BCUT2D eigenvalue weighted by Crippen LogP contribution is -1.98. The predicted octanol–water partition coefficient (Wildman–Crippen LogP) is 3.15. The van der Waals surface area contributed by atoms with Crippen LogP contribution < -0.4 is 0 Å². The zero-order valence-electron chi connectivity index (χ0n) is 10.1. The Kier molecular flexibility index (Phi) is 3.74. The topological polar surface area (TPSA) is 34.9 Å². The van der Waals surface area contributed by atoms with Gasteiger partial charge in [-0.25, -0.2) is 4.98 Å². The van der Waals surface area contributed by atoms with E-state index >= 15 is 0 Å². The molecule has 0 aromatic carbocycles. The van der Waals surface area contributed by atoms with Gasteiger partial charge in [0.1, 0.15) is 0 Å². The van der Waals surface area contributed by atoms with E-state index in [0.717, 1.165) is 29.2 Å². The van der Waals surface area contributed by atoms with Crippen molar-refractivity contribution in [3.63, 3.8) is 0 Å². The standard InChI is InChI=1S/C13H16N2OS/c1-3-12(16)10-5-6-15(7-10)8-11-9-17-13(4-2)14-11/h5-7,9H,3-4,8H2,1-2H3. The van der Waals surface area contributed by atoms with Gasteiger partial charge in [0.25, 0.3) is 0 Å². The van der Waals surface area contributed by atoms with Crippen LogP contribution in [0.4, 0.5) is 0 Å². The van der Waals surface area contributed by atoms with E-state index in [-0.39, 0.29) is 5.78 Å². The molecule has 0 aliphatic heterocycles. The molecule has 0 saturated carbocycles. The highest BCUT2D eigenvalue weighted by molar-refractivity contribution is 7.09. The molecule has 2 aromatic rings. The lowest BCUT2D eigenvalue weighted by Gasteiger charge is -1.98. The van der Waals surface area contributed by atoms with Crippen LogP contribution in [0, 0.1) is 0 Å². The summed E-state index contributed by atoms with van der Waals surface area (Å²) >= 11 is 1.70. The molecule has 0 aliphatic carbocycles. The van der Waals surface area contributed by atoms with Crippen LogP contribution in [-0.2, 0) is 13.0 Å². The van der Waals surface area contributed by atoms with Crippen LogP contribution in [0.3, 0.4) is 0 Å². The van der Waals surface area contributed by atoms with E-state index in [4.69, 9.17) is 0 Å². The van der Waals surface area contributed by atoms with Gasteiger partial charge in [-0.1, -0.05) is 13.8 Å². The Morgan fingerprint density at radius 1 is 1.47 bits per heavy atom. The molecular formula is C13H16N2OS. The normalized spacial score (nSPS) is 10.7. The van der Waals surface area contributed by atoms with Gasteiger partial charge >= 0.3 is 0 Å². The summed E-state index contributed by atoms with van der Waals surface area (Å²) in [5.74, 6) is 0.191. The number of hydrogen-bond acceptors (Lipinski definition) is 3. The molecule has 0 saturated heterocycles. The third-order valence-electron chi connectivity index (χ3n) is 2.64. The molecule has 17 heavy (non-hydrogen) atoms. The fourth-order valence-corrected chi connectivity index (χ4v) is 2.42. The number of rotatable bonds is 5. The van der Waals surface area contributed by atoms with E-state index in [2.05, 4.69) is 17.3 Å². The number of carbonyl (C=O) groups is 1. The first-order chi connectivity index (χ1) is 8.22. The molecule has 0 atom stereocenters. The van der Waals surface area contributed by atoms with Crippen molar-refractivity contribution < 1.29 is 4.79 Å². The highest BCUT2D eigenvalue weighted by atomic mass is 32.1. The first-order valence-corrected chi connectivity index (χ1v) is 6.73. The Labute approximate surface area is 105 Å². The Hall–Kier alpha value is -1.42. The molecule has 4 heteroatoms. The van der Waals surface area contributed by atoms with E-state index in [9.17, 15) is 4.79 Å². The van der Waals surface area contributed by atoms with E-state index in [1.54, 1.807) is 11.3 Å². The van der Waals surface area contributed by atoms with Crippen molar-refractivity contribution in [1.29, 1.82) is 0 Å². The molecule has 2 rings (SSSR count). The van der Waals surface area contributed by atoms with Crippen molar-refractivity contribution in [2.24, 2.45) is 0 Å². The van der Waals surface area contributed by atoms with Crippen LogP contribution in [0.1, 0.15) is 41.3 Å². The second-order valence-corrected chi connectivity index (χ2v) is 4.88. The number of ketones is 1. The van der Waals surface area contributed by atoms with Crippen molar-refractivity contribution >= 4 is 17.1 Å². The Balaban J connectivity index is 2.08. The molecule has 90 valence electrons. The third-order valence-corrected chi connectivity index (χ3v) is 3.68. The minimum absolute atomic E-state index is 0.191. The minimum Gasteiger partial charge on any atom is -0.348 e. The highest BCUT2D eigenvalue weighted by Gasteiger charge is 2.06. The van der Waals surface area contributed by atoms with E-state index < -0.39 is 0 Å². The quantitative estimate of drug-likeness (QED) is 0.762. The van der Waals surface area contributed by atoms with Crippen molar-refractivity contribution in [3.05, 3.63) is 40.1 Å². The number of hydrogen-bond donors (Lipinski definition) is 0. The first kappa shape index (κ1) is 12.0. The van der Waals surface area contributed by atoms with E-state index in [0.29, 0.717) is 6.42 Å². The first-order valence-electron chi connectivity index (χ1n) is 5.85. The maximum absolute atomic E-state index is 11.5. The molecule has 0 unspecified atom stereocenters. The largest absolute Gasteiger partial charge is 0.348 e. The summed E-state index contributed by atoms with van der Waals surface area (Å²) in [4.78, 5) is 16.0. The second-order valence-electron chi connectivity index (χ2n) is 3.94. The summed E-state index contributed by atoms with van der Waals surface area (Å²) in [5.41, 5.74) is 1.86. The molecule has 0 fully saturated rings. The lowest BCUT2D eigenvalue weighted by molar-refractivity contribution is 0.0988. The number of Topliss-reactive ketones (excluding diaryl/α,β-unsaturated/α-hetero) is 1. The Bertz CT molecular complexity index is 513. The average molecular weight is 248 g/mol. The number of thiazole rings is 1. The van der Waals surface area contributed by atoms with Crippen molar-refractivity contribution in [2.45, 2.75) is 33.2 Å². The highest BCUT2D eigenvalue weighted by Crippen LogP contribution is 2.12. The van der Waals surface area contributed by atoms with Gasteiger partial charge in [0.15, 0.2) is 5.78 Å². The fraction of sp³-hybridized carbons (Fsp3) is 0.385. The summed E-state index contributed by atoms with van der Waals surface area (Å²) in [6, 6.07) is 1.87. The monoisotopic (exact) mass is 248 g/mol. The minimum atomic E-state index is 0.191. The predicted molar refractivity (Wildman–Crippen MR) is 69.6 cm³/mol. The molecule has 0 radical (unpaired) electrons. The zero-order valence-corrected chi connectivity index (χ0v) is 11.0. The Morgan fingerprint density at radius 3 is 2.94 bits per heavy atom. The molecule has 0 N–H and O–H groups in total. The number of aromatic nitrogens is 2. The molecular weight excluding hydrogens is 232 g/mol. The van der Waals surface area contributed by atoms with Gasteiger partial charge < -0.3 is 4.57 Å². The van der Waals surface area contributed by atoms with Crippen LogP contribution in [0.15, 0.2) is 23.8 Å². The smallest absolute Gasteiger partial charge is 0.164 e. The summed E-state index contributed by atoms with van der Waals surface area (Å²) in [5, 5.41) is 3.25. The van der Waals surface area contributed by atoms with Gasteiger partial charge in [0.05, 0.1) is 17.2 Å². The Morgan fingerprint density at radius 2 is 2.29 bits per heavy atom. The summed E-state index contributed by atoms with van der Waals surface area (Å²) in [6.07, 6.45) is 5.38. The van der Waals surface area contributed by atoms with Gasteiger partial charge in [-0.05, 0) is 12.5 Å². The summed E-state index contributed by atoms with van der Waals surface area (Å²) in [7, 11) is 0. The summed E-state index contributed by atoms with van der Waals surface area (Å²) < 4.78 is 2.01. The van der Waals surface area contributed by atoms with E-state index in [1.165, 1.54) is 0 Å². The maximum atomic E-state index is 11.5. The zero-order chi connectivity index (χ0) is 12.3. The molecule has 0 aliphatic rings. The number of aryl methyl sites for hydroxylation is 1. The van der Waals surface area contributed by atoms with Crippen LogP contribution in [0.25, 0.3) is 0 Å². The van der Waals surface area contributed by atoms with Crippen LogP contribution in [0.2, 0.25) is 0 Å². The fourth-order valence-electron chi connectivity index (χ4n) is 1.68. The SMILES string of the molecule is CCC(=O)c1ccn(Cc2csc(CC)n2)c1. The molecule has 2 aromatic heterocycles. The van der Waals surface area contributed by atoms with E-state index in [1.807, 2.05) is 30.0 Å². The molecule has 3 nitrogen and oxygen atoms in total. The van der Waals surface area contributed by atoms with Crippen molar-refractivity contribution in [1.82, 2.24) is 9.55 Å². The molecule has 0 bridgehead atoms. The number of nitrogens with zero attached hydrogens (tertiary/aromatic N) is 2. The van der Waals surface area contributed by atoms with Gasteiger partial charge in [0, 0.05) is 29.8 Å². The second kappa shape index (κ2) is 5.27. The van der Waals surface area contributed by atoms with Crippen LogP contribution >= 0.6 is 11.3 Å².